The van der Waals surface area contributed by atoms with Crippen LogP contribution in [0.25, 0.3) is 0 Å². The number of aliphatic hydroxyl groups is 1. The highest BCUT2D eigenvalue weighted by Crippen LogP contribution is 2.15. The Morgan fingerprint density at radius 2 is 1.39 bits per heavy atom. The maximum absolute atomic E-state index is 10.3. The molecule has 0 heterocycles. The summed E-state index contributed by atoms with van der Waals surface area (Å²) < 4.78 is 0. The lowest BCUT2D eigenvalue weighted by molar-refractivity contribution is -0.170. The van der Waals surface area contributed by atoms with Crippen LogP contribution in [0.5, 0.6) is 0 Å². The van der Waals surface area contributed by atoms with Crippen LogP contribution in [0.1, 0.15) is 33.1 Å². The number of rotatable bonds is 6. The van der Waals surface area contributed by atoms with Crippen molar-refractivity contribution < 1.29 is 34.8 Å². The number of hydrogen-bond acceptors (Lipinski definition) is 5. The fourth-order valence-electron chi connectivity index (χ4n) is 0.714. The van der Waals surface area contributed by atoms with E-state index < -0.39 is 36.4 Å². The molecule has 0 aliphatic heterocycles. The first-order valence-electron chi connectivity index (χ1n) is 5.20. The molecule has 0 amide bonds. The van der Waals surface area contributed by atoms with E-state index in [4.69, 9.17) is 26.2 Å². The molecule has 0 aliphatic carbocycles. The van der Waals surface area contributed by atoms with Crippen molar-refractivity contribution in [3.63, 3.8) is 0 Å². The Hall–Kier alpha value is -1.67. The van der Waals surface area contributed by atoms with Crippen LogP contribution >= 0.6 is 0 Å². The monoisotopic (exact) mass is 265 g/mol. The molecule has 6 N–H and O–H groups in total. The zero-order valence-electron chi connectivity index (χ0n) is 10.3. The van der Waals surface area contributed by atoms with E-state index in [0.717, 1.165) is 6.42 Å². The minimum Gasteiger partial charge on any atom is -0.481 e. The molecule has 0 fully saturated rings. The van der Waals surface area contributed by atoms with Gasteiger partial charge in [0.2, 0.25) is 0 Å². The Morgan fingerprint density at radius 1 is 1.11 bits per heavy atom. The van der Waals surface area contributed by atoms with E-state index in [1.807, 2.05) is 6.92 Å². The summed E-state index contributed by atoms with van der Waals surface area (Å²) >= 11 is 0. The number of carboxylic acids is 3. The van der Waals surface area contributed by atoms with E-state index in [0.29, 0.717) is 6.04 Å². The van der Waals surface area contributed by atoms with Gasteiger partial charge in [0.25, 0.3) is 0 Å². The van der Waals surface area contributed by atoms with E-state index in [2.05, 4.69) is 6.92 Å². The highest BCUT2D eigenvalue weighted by Gasteiger charge is 2.40. The fourth-order valence-corrected chi connectivity index (χ4v) is 0.714. The minimum atomic E-state index is -2.74. The predicted octanol–water partition coefficient (Wildman–Crippen LogP) is -0.505. The normalized spacial score (nSPS) is 12.0. The molecule has 0 aromatic carbocycles. The molecule has 0 aromatic heterocycles. The van der Waals surface area contributed by atoms with Crippen molar-refractivity contribution in [3.05, 3.63) is 0 Å². The number of carboxylic acid groups (broad SMARTS) is 3. The van der Waals surface area contributed by atoms with E-state index in [1.54, 1.807) is 0 Å². The van der Waals surface area contributed by atoms with Gasteiger partial charge >= 0.3 is 17.9 Å². The minimum absolute atomic E-state index is 0.384. The first-order valence-corrected chi connectivity index (χ1v) is 5.20. The van der Waals surface area contributed by atoms with Crippen LogP contribution in [-0.4, -0.2) is 50.0 Å². The first-order chi connectivity index (χ1) is 8.05. The first kappa shape index (κ1) is 18.7. The third-order valence-electron chi connectivity index (χ3n) is 1.93. The Kier molecular flexibility index (Phi) is 8.75. The second kappa shape index (κ2) is 8.43. The van der Waals surface area contributed by atoms with Gasteiger partial charge in [-0.1, -0.05) is 6.92 Å². The Morgan fingerprint density at radius 3 is 1.50 bits per heavy atom. The fraction of sp³-hybridized carbons (Fsp3) is 0.700. The number of nitrogens with two attached hydrogens (primary N) is 1. The van der Waals surface area contributed by atoms with Crippen LogP contribution in [0.3, 0.4) is 0 Å². The zero-order chi connectivity index (χ0) is 14.9. The molecule has 8 heteroatoms. The van der Waals surface area contributed by atoms with Gasteiger partial charge in [-0.25, -0.2) is 4.79 Å². The van der Waals surface area contributed by atoms with E-state index in [-0.39, 0.29) is 0 Å². The van der Waals surface area contributed by atoms with Gasteiger partial charge in [0.1, 0.15) is 0 Å². The maximum atomic E-state index is 10.3. The number of aliphatic carboxylic acids is 3. The molecule has 0 aromatic rings. The summed E-state index contributed by atoms with van der Waals surface area (Å²) in [5.74, 6) is -5.02. The average Bonchev–Trinajstić information content (AvgIpc) is 2.15. The lowest BCUT2D eigenvalue weighted by atomic mass is 9.96. The third-order valence-corrected chi connectivity index (χ3v) is 1.93. The highest BCUT2D eigenvalue weighted by atomic mass is 16.4. The van der Waals surface area contributed by atoms with Crippen LogP contribution < -0.4 is 5.73 Å². The molecule has 0 aliphatic rings. The average molecular weight is 265 g/mol. The molecule has 1 unspecified atom stereocenters. The SMILES string of the molecule is CCC(C)N.O=C(O)CC(O)(CC(=O)O)C(=O)O. The summed E-state index contributed by atoms with van der Waals surface area (Å²) in [7, 11) is 0. The summed E-state index contributed by atoms with van der Waals surface area (Å²) in [4.78, 5) is 30.5. The molecular weight excluding hydrogens is 246 g/mol. The van der Waals surface area contributed by atoms with Crippen LogP contribution in [0.2, 0.25) is 0 Å². The Bertz CT molecular complexity index is 285. The third kappa shape index (κ3) is 9.55. The van der Waals surface area contributed by atoms with Gasteiger partial charge < -0.3 is 26.2 Å². The van der Waals surface area contributed by atoms with Gasteiger partial charge in [0.15, 0.2) is 5.60 Å². The van der Waals surface area contributed by atoms with Crippen molar-refractivity contribution in [3.8, 4) is 0 Å². The van der Waals surface area contributed by atoms with Crippen LogP contribution in [0.15, 0.2) is 0 Å². The van der Waals surface area contributed by atoms with Crippen molar-refractivity contribution in [1.82, 2.24) is 0 Å². The van der Waals surface area contributed by atoms with Crippen molar-refractivity contribution in [1.29, 1.82) is 0 Å². The molecule has 0 bridgehead atoms. The number of carbonyl (C=O) groups is 3. The Balaban J connectivity index is 0. The van der Waals surface area contributed by atoms with Crippen LogP contribution in [0, 0.1) is 0 Å². The summed E-state index contributed by atoms with van der Waals surface area (Å²) in [6.07, 6.45) is -1.21. The molecule has 1 atom stereocenters. The second-order valence-electron chi connectivity index (χ2n) is 3.86. The summed E-state index contributed by atoms with van der Waals surface area (Å²) in [5.41, 5.74) is 2.55. The zero-order valence-corrected chi connectivity index (χ0v) is 10.3. The topological polar surface area (TPSA) is 158 Å². The molecule has 18 heavy (non-hydrogen) atoms. The molecule has 0 radical (unpaired) electrons. The largest absolute Gasteiger partial charge is 0.481 e. The van der Waals surface area contributed by atoms with Gasteiger partial charge in [0, 0.05) is 6.04 Å². The smallest absolute Gasteiger partial charge is 0.336 e. The molecule has 0 saturated carbocycles. The van der Waals surface area contributed by atoms with Crippen LogP contribution in [0.4, 0.5) is 0 Å². The lowest BCUT2D eigenvalue weighted by Gasteiger charge is -2.18. The van der Waals surface area contributed by atoms with Gasteiger partial charge in [0.05, 0.1) is 12.8 Å². The standard InChI is InChI=1S/C6H8O7.C4H11N/c7-3(8)1-6(13,5(11)12)2-4(9)10;1-3-4(2)5/h13H,1-2H2,(H,7,8)(H,9,10)(H,11,12);4H,3,5H2,1-2H3. The van der Waals surface area contributed by atoms with Gasteiger partial charge in [-0.05, 0) is 13.3 Å². The molecule has 0 saturated heterocycles. The molecule has 8 nitrogen and oxygen atoms in total. The second-order valence-corrected chi connectivity index (χ2v) is 3.86. The lowest BCUT2D eigenvalue weighted by Crippen LogP contribution is -2.42. The number of hydrogen-bond donors (Lipinski definition) is 5. The summed E-state index contributed by atoms with van der Waals surface area (Å²) in [5, 5.41) is 33.8. The summed E-state index contributed by atoms with van der Waals surface area (Å²) in [6, 6.07) is 0.384. The Labute approximate surface area is 104 Å². The van der Waals surface area contributed by atoms with Gasteiger partial charge in [-0.2, -0.15) is 0 Å². The van der Waals surface area contributed by atoms with E-state index in [9.17, 15) is 14.4 Å². The molecule has 0 rings (SSSR count). The van der Waals surface area contributed by atoms with Gasteiger partial charge in [-0.3, -0.25) is 9.59 Å². The van der Waals surface area contributed by atoms with Crippen molar-refractivity contribution >= 4 is 17.9 Å². The highest BCUT2D eigenvalue weighted by molar-refractivity contribution is 5.88. The van der Waals surface area contributed by atoms with E-state index >= 15 is 0 Å². The van der Waals surface area contributed by atoms with Crippen molar-refractivity contribution in [2.24, 2.45) is 5.73 Å². The maximum Gasteiger partial charge on any atom is 0.336 e. The van der Waals surface area contributed by atoms with Crippen molar-refractivity contribution in [2.45, 2.75) is 44.8 Å². The summed E-state index contributed by atoms with van der Waals surface area (Å²) in [6.45, 7) is 4.07. The molecule has 106 valence electrons. The van der Waals surface area contributed by atoms with Crippen molar-refractivity contribution in [2.75, 3.05) is 0 Å². The molecule has 0 spiro atoms. The van der Waals surface area contributed by atoms with Gasteiger partial charge in [-0.15, -0.1) is 0 Å². The van der Waals surface area contributed by atoms with Crippen LogP contribution in [-0.2, 0) is 14.4 Å². The predicted molar refractivity (Wildman–Crippen MR) is 61.0 cm³/mol. The quantitative estimate of drug-likeness (QED) is 0.429. The molecular formula is C10H19NO7. The van der Waals surface area contributed by atoms with E-state index in [1.165, 1.54) is 0 Å².